The molecule has 0 N–H and O–H groups in total. The van der Waals surface area contributed by atoms with E-state index in [4.69, 9.17) is 4.74 Å². The van der Waals surface area contributed by atoms with E-state index in [1.165, 1.54) is 5.56 Å². The number of carbonyl (C=O) groups is 1. The minimum absolute atomic E-state index is 0.0907. The molecule has 3 heterocycles. The Hall–Kier alpha value is -2.34. The number of anilines is 1. The highest BCUT2D eigenvalue weighted by Gasteiger charge is 2.32. The first-order valence-electron chi connectivity index (χ1n) is 8.44. The summed E-state index contributed by atoms with van der Waals surface area (Å²) in [6, 6.07) is 8.12. The Labute approximate surface area is 141 Å². The Morgan fingerprint density at radius 3 is 2.75 bits per heavy atom. The Morgan fingerprint density at radius 1 is 1.21 bits per heavy atom. The van der Waals surface area contributed by atoms with Crippen molar-refractivity contribution in [3.63, 3.8) is 0 Å². The van der Waals surface area contributed by atoms with Crippen LogP contribution in [0.15, 0.2) is 36.7 Å². The first kappa shape index (κ1) is 15.2. The van der Waals surface area contributed by atoms with Crippen LogP contribution in [0.4, 0.5) is 5.69 Å². The molecule has 0 radical (unpaired) electrons. The van der Waals surface area contributed by atoms with Gasteiger partial charge in [-0.05, 0) is 17.5 Å². The first-order valence-corrected chi connectivity index (χ1v) is 8.44. The fourth-order valence-corrected chi connectivity index (χ4v) is 3.52. The minimum Gasteiger partial charge on any atom is -0.365 e. The second-order valence-electron chi connectivity index (χ2n) is 6.38. The zero-order valence-electron chi connectivity index (χ0n) is 13.9. The molecule has 126 valence electrons. The summed E-state index contributed by atoms with van der Waals surface area (Å²) in [5.74, 6) is 0.0907. The van der Waals surface area contributed by atoms with Crippen molar-refractivity contribution in [2.24, 2.45) is 7.05 Å². The number of piperazine rings is 1. The second kappa shape index (κ2) is 6.28. The maximum absolute atomic E-state index is 12.9. The van der Waals surface area contributed by atoms with Crippen molar-refractivity contribution in [1.29, 1.82) is 0 Å². The van der Waals surface area contributed by atoms with Crippen LogP contribution in [0.3, 0.4) is 0 Å². The van der Waals surface area contributed by atoms with Gasteiger partial charge in [0, 0.05) is 39.4 Å². The average Bonchev–Trinajstić information content (AvgIpc) is 3.07. The van der Waals surface area contributed by atoms with Gasteiger partial charge in [-0.25, -0.2) is 0 Å². The number of carbonyl (C=O) groups excluding carboxylic acids is 1. The number of hydrogen-bond donors (Lipinski definition) is 0. The molecular weight excluding hydrogens is 304 g/mol. The van der Waals surface area contributed by atoms with Gasteiger partial charge < -0.3 is 14.5 Å². The van der Waals surface area contributed by atoms with Gasteiger partial charge in [-0.2, -0.15) is 5.10 Å². The lowest BCUT2D eigenvalue weighted by Crippen LogP contribution is -2.50. The molecule has 2 aromatic rings. The minimum atomic E-state index is -0.445. The molecular formula is C18H22N4O2. The summed E-state index contributed by atoms with van der Waals surface area (Å²) < 4.78 is 7.62. The van der Waals surface area contributed by atoms with Crippen LogP contribution in [0.1, 0.15) is 17.2 Å². The Bertz CT molecular complexity index is 734. The van der Waals surface area contributed by atoms with E-state index in [9.17, 15) is 4.79 Å². The third-order valence-electron chi connectivity index (χ3n) is 4.87. The van der Waals surface area contributed by atoms with E-state index >= 15 is 0 Å². The molecule has 0 spiro atoms. The summed E-state index contributed by atoms with van der Waals surface area (Å²) in [4.78, 5) is 17.1. The lowest BCUT2D eigenvalue weighted by molar-refractivity contribution is -0.145. The van der Waals surface area contributed by atoms with Crippen molar-refractivity contribution in [2.75, 3.05) is 37.7 Å². The quantitative estimate of drug-likeness (QED) is 0.837. The van der Waals surface area contributed by atoms with E-state index in [0.29, 0.717) is 6.61 Å². The van der Waals surface area contributed by atoms with E-state index in [0.717, 1.165) is 43.9 Å². The molecule has 1 amide bonds. The maximum atomic E-state index is 12.9. The third kappa shape index (κ3) is 2.78. The zero-order valence-corrected chi connectivity index (χ0v) is 13.9. The Balaban J connectivity index is 1.44. The number of amides is 1. The first-order chi connectivity index (χ1) is 11.7. The predicted molar refractivity (Wildman–Crippen MR) is 90.8 cm³/mol. The number of aromatic nitrogens is 2. The molecule has 1 fully saturated rings. The van der Waals surface area contributed by atoms with Crippen molar-refractivity contribution < 1.29 is 9.53 Å². The van der Waals surface area contributed by atoms with Gasteiger partial charge in [0.05, 0.1) is 18.5 Å². The number of hydrogen-bond acceptors (Lipinski definition) is 4. The summed E-state index contributed by atoms with van der Waals surface area (Å²) in [6.07, 6.45) is 4.32. The SMILES string of the molecule is Cn1cc(N2CCN(C(=O)C3OCCc4ccccc43)CC2)cn1. The predicted octanol–water partition coefficient (Wildman–Crippen LogP) is 1.38. The molecule has 6 heteroatoms. The highest BCUT2D eigenvalue weighted by Crippen LogP contribution is 2.29. The number of benzene rings is 1. The van der Waals surface area contributed by atoms with Gasteiger partial charge in [0.2, 0.25) is 0 Å². The molecule has 2 aliphatic rings. The molecule has 0 bridgehead atoms. The summed E-state index contributed by atoms with van der Waals surface area (Å²) >= 11 is 0. The number of ether oxygens (including phenoxy) is 1. The van der Waals surface area contributed by atoms with E-state index in [-0.39, 0.29) is 5.91 Å². The molecule has 1 saturated heterocycles. The van der Waals surface area contributed by atoms with Gasteiger partial charge in [-0.1, -0.05) is 24.3 Å². The van der Waals surface area contributed by atoms with Crippen LogP contribution in [0, 0.1) is 0 Å². The summed E-state index contributed by atoms with van der Waals surface area (Å²) in [5, 5.41) is 4.22. The van der Waals surface area contributed by atoms with Gasteiger partial charge in [0.1, 0.15) is 0 Å². The molecule has 6 nitrogen and oxygen atoms in total. The summed E-state index contributed by atoms with van der Waals surface area (Å²) in [7, 11) is 1.92. The van der Waals surface area contributed by atoms with Gasteiger partial charge in [-0.3, -0.25) is 9.48 Å². The van der Waals surface area contributed by atoms with Crippen LogP contribution in [0.5, 0.6) is 0 Å². The van der Waals surface area contributed by atoms with Crippen LogP contribution in [-0.2, 0) is 23.0 Å². The third-order valence-corrected chi connectivity index (χ3v) is 4.87. The standard InChI is InChI=1S/C18H22N4O2/c1-20-13-15(12-19-20)21-7-9-22(10-8-21)18(23)17-16-5-3-2-4-14(16)6-11-24-17/h2-5,12-13,17H,6-11H2,1H3. The van der Waals surface area contributed by atoms with Gasteiger partial charge in [0.25, 0.3) is 5.91 Å². The Kier molecular flexibility index (Phi) is 3.98. The van der Waals surface area contributed by atoms with Crippen LogP contribution in [0.25, 0.3) is 0 Å². The highest BCUT2D eigenvalue weighted by molar-refractivity contribution is 5.83. The van der Waals surface area contributed by atoms with E-state index in [1.54, 1.807) is 4.68 Å². The van der Waals surface area contributed by atoms with Crippen molar-refractivity contribution in [1.82, 2.24) is 14.7 Å². The van der Waals surface area contributed by atoms with Gasteiger partial charge in [0.15, 0.2) is 6.10 Å². The molecule has 1 aromatic carbocycles. The number of rotatable bonds is 2. The van der Waals surface area contributed by atoms with Crippen LogP contribution in [-0.4, -0.2) is 53.4 Å². The lowest BCUT2D eigenvalue weighted by atomic mass is 9.96. The van der Waals surface area contributed by atoms with Crippen LogP contribution >= 0.6 is 0 Å². The fraction of sp³-hybridized carbons (Fsp3) is 0.444. The van der Waals surface area contributed by atoms with Crippen LogP contribution in [0.2, 0.25) is 0 Å². The van der Waals surface area contributed by atoms with Crippen molar-refractivity contribution in [2.45, 2.75) is 12.5 Å². The second-order valence-corrected chi connectivity index (χ2v) is 6.38. The lowest BCUT2D eigenvalue weighted by Gasteiger charge is -2.37. The smallest absolute Gasteiger partial charge is 0.256 e. The fourth-order valence-electron chi connectivity index (χ4n) is 3.52. The van der Waals surface area contributed by atoms with Crippen molar-refractivity contribution in [3.05, 3.63) is 47.8 Å². The normalized spacial score (nSPS) is 20.8. The Morgan fingerprint density at radius 2 is 2.00 bits per heavy atom. The molecule has 1 unspecified atom stereocenters. The summed E-state index contributed by atoms with van der Waals surface area (Å²) in [6.45, 7) is 3.70. The monoisotopic (exact) mass is 326 g/mol. The summed E-state index contributed by atoms with van der Waals surface area (Å²) in [5.41, 5.74) is 3.38. The molecule has 1 aromatic heterocycles. The van der Waals surface area contributed by atoms with Gasteiger partial charge in [-0.15, -0.1) is 0 Å². The number of nitrogens with zero attached hydrogens (tertiary/aromatic N) is 4. The molecule has 0 saturated carbocycles. The number of aryl methyl sites for hydroxylation is 1. The molecule has 24 heavy (non-hydrogen) atoms. The molecule has 2 aliphatic heterocycles. The van der Waals surface area contributed by atoms with E-state index < -0.39 is 6.10 Å². The molecule has 0 aliphatic carbocycles. The topological polar surface area (TPSA) is 50.6 Å². The number of fused-ring (bicyclic) bond motifs is 1. The highest BCUT2D eigenvalue weighted by atomic mass is 16.5. The van der Waals surface area contributed by atoms with E-state index in [1.807, 2.05) is 42.5 Å². The van der Waals surface area contributed by atoms with Crippen molar-refractivity contribution >= 4 is 11.6 Å². The average molecular weight is 326 g/mol. The molecule has 4 rings (SSSR count). The van der Waals surface area contributed by atoms with E-state index in [2.05, 4.69) is 16.1 Å². The van der Waals surface area contributed by atoms with Gasteiger partial charge >= 0.3 is 0 Å². The maximum Gasteiger partial charge on any atom is 0.256 e. The van der Waals surface area contributed by atoms with Crippen LogP contribution < -0.4 is 4.90 Å². The molecule has 1 atom stereocenters. The van der Waals surface area contributed by atoms with Crippen molar-refractivity contribution in [3.8, 4) is 0 Å². The largest absolute Gasteiger partial charge is 0.365 e. The zero-order chi connectivity index (χ0) is 16.5.